The van der Waals surface area contributed by atoms with E-state index in [4.69, 9.17) is 4.42 Å². The molecule has 136 valence electrons. The van der Waals surface area contributed by atoms with E-state index in [1.54, 1.807) is 10.9 Å². The van der Waals surface area contributed by atoms with Gasteiger partial charge in [0.15, 0.2) is 5.69 Å². The molecule has 0 aliphatic carbocycles. The molecule has 0 atom stereocenters. The summed E-state index contributed by atoms with van der Waals surface area (Å²) in [5, 5.41) is 7.94. The molecule has 1 aliphatic heterocycles. The van der Waals surface area contributed by atoms with E-state index in [-0.39, 0.29) is 17.2 Å². The largest absolute Gasteiger partial charge is 0.464 e. The number of oxazole rings is 1. The minimum atomic E-state index is -0.456. The van der Waals surface area contributed by atoms with Crippen LogP contribution in [-0.4, -0.2) is 51.0 Å². The van der Waals surface area contributed by atoms with Crippen LogP contribution < -0.4 is 0 Å². The maximum absolute atomic E-state index is 11.5. The molecule has 0 unspecified atom stereocenters. The molecule has 0 spiro atoms. The standard InChI is InChI=1S/C17H25N5O3/c1-17(2,3)14-9-18-15(25-14)11-21-7-5-12(6-8-21)22-10-13(19-20-22)16(23)24-4/h9-10,12H,5-8,11H2,1-4H3. The Morgan fingerprint density at radius 1 is 1.36 bits per heavy atom. The lowest BCUT2D eigenvalue weighted by Gasteiger charge is -2.30. The Balaban J connectivity index is 1.54. The molecule has 1 fully saturated rings. The average molecular weight is 347 g/mol. The van der Waals surface area contributed by atoms with Gasteiger partial charge in [0.05, 0.1) is 32.1 Å². The van der Waals surface area contributed by atoms with Crippen molar-refractivity contribution in [2.24, 2.45) is 0 Å². The normalized spacial score (nSPS) is 17.0. The Bertz CT molecular complexity index is 723. The Kier molecular flexibility index (Phi) is 4.89. The van der Waals surface area contributed by atoms with Crippen LogP contribution >= 0.6 is 0 Å². The molecule has 8 nitrogen and oxygen atoms in total. The van der Waals surface area contributed by atoms with Crippen LogP contribution in [0.3, 0.4) is 0 Å². The van der Waals surface area contributed by atoms with Gasteiger partial charge in [-0.1, -0.05) is 26.0 Å². The lowest BCUT2D eigenvalue weighted by atomic mass is 9.94. The van der Waals surface area contributed by atoms with Crippen LogP contribution in [0.5, 0.6) is 0 Å². The van der Waals surface area contributed by atoms with Gasteiger partial charge in [0.1, 0.15) is 5.76 Å². The van der Waals surface area contributed by atoms with Crippen molar-refractivity contribution in [1.29, 1.82) is 0 Å². The molecular formula is C17H25N5O3. The number of rotatable bonds is 4. The van der Waals surface area contributed by atoms with Gasteiger partial charge in [0.25, 0.3) is 0 Å². The molecule has 0 aromatic carbocycles. The Morgan fingerprint density at radius 2 is 2.08 bits per heavy atom. The predicted octanol–water partition coefficient (Wildman–Crippen LogP) is 2.19. The third-order valence-corrected chi connectivity index (χ3v) is 4.49. The fourth-order valence-electron chi connectivity index (χ4n) is 2.92. The number of piperidine rings is 1. The predicted molar refractivity (Wildman–Crippen MR) is 90.1 cm³/mol. The van der Waals surface area contributed by atoms with Crippen molar-refractivity contribution in [3.05, 3.63) is 29.7 Å². The molecule has 0 radical (unpaired) electrons. The first-order valence-electron chi connectivity index (χ1n) is 8.54. The molecule has 3 heterocycles. The van der Waals surface area contributed by atoms with Crippen LogP contribution in [0.15, 0.2) is 16.8 Å². The van der Waals surface area contributed by atoms with E-state index in [1.807, 2.05) is 6.20 Å². The van der Waals surface area contributed by atoms with Crippen LogP contribution in [0.25, 0.3) is 0 Å². The van der Waals surface area contributed by atoms with Crippen molar-refractivity contribution in [2.75, 3.05) is 20.2 Å². The molecule has 0 saturated carbocycles. The highest BCUT2D eigenvalue weighted by Crippen LogP contribution is 2.25. The molecule has 3 rings (SSSR count). The highest BCUT2D eigenvalue weighted by Gasteiger charge is 2.25. The third-order valence-electron chi connectivity index (χ3n) is 4.49. The number of likely N-dealkylation sites (tertiary alicyclic amines) is 1. The molecule has 1 aliphatic rings. The molecule has 25 heavy (non-hydrogen) atoms. The molecule has 0 bridgehead atoms. The van der Waals surface area contributed by atoms with Crippen LogP contribution in [0.1, 0.15) is 61.8 Å². The quantitative estimate of drug-likeness (QED) is 0.784. The van der Waals surface area contributed by atoms with E-state index in [0.717, 1.165) is 37.6 Å². The second-order valence-electron chi connectivity index (χ2n) is 7.45. The first-order chi connectivity index (χ1) is 11.9. The molecule has 1 saturated heterocycles. The number of carbonyl (C=O) groups excluding carboxylic acids is 1. The summed E-state index contributed by atoms with van der Waals surface area (Å²) in [6.07, 6.45) is 5.37. The maximum Gasteiger partial charge on any atom is 0.360 e. The maximum atomic E-state index is 11.5. The monoisotopic (exact) mass is 347 g/mol. The van der Waals surface area contributed by atoms with Gasteiger partial charge in [-0.15, -0.1) is 5.10 Å². The molecule has 2 aromatic heterocycles. The van der Waals surface area contributed by atoms with E-state index in [9.17, 15) is 4.79 Å². The van der Waals surface area contributed by atoms with Gasteiger partial charge in [-0.3, -0.25) is 4.90 Å². The fourth-order valence-corrected chi connectivity index (χ4v) is 2.92. The van der Waals surface area contributed by atoms with Gasteiger partial charge in [-0.05, 0) is 12.8 Å². The minimum absolute atomic E-state index is 0.0251. The lowest BCUT2D eigenvalue weighted by Crippen LogP contribution is -2.34. The second-order valence-corrected chi connectivity index (χ2v) is 7.45. The van der Waals surface area contributed by atoms with Gasteiger partial charge >= 0.3 is 5.97 Å². The molecule has 0 amide bonds. The van der Waals surface area contributed by atoms with Crippen LogP contribution in [0, 0.1) is 0 Å². The first-order valence-corrected chi connectivity index (χ1v) is 8.54. The number of methoxy groups -OCH3 is 1. The zero-order valence-corrected chi connectivity index (χ0v) is 15.2. The minimum Gasteiger partial charge on any atom is -0.464 e. The van der Waals surface area contributed by atoms with E-state index >= 15 is 0 Å². The van der Waals surface area contributed by atoms with Gasteiger partial charge in [-0.25, -0.2) is 14.5 Å². The SMILES string of the molecule is COC(=O)c1cn(C2CCN(Cc3ncc(C(C)(C)C)o3)CC2)nn1. The third kappa shape index (κ3) is 4.07. The summed E-state index contributed by atoms with van der Waals surface area (Å²) in [7, 11) is 1.34. The summed E-state index contributed by atoms with van der Waals surface area (Å²) in [5.41, 5.74) is 0.224. The number of aromatic nitrogens is 4. The average Bonchev–Trinajstić information content (AvgIpc) is 3.24. The van der Waals surface area contributed by atoms with Crippen molar-refractivity contribution in [3.8, 4) is 0 Å². The zero-order valence-electron chi connectivity index (χ0n) is 15.2. The van der Waals surface area contributed by atoms with Crippen molar-refractivity contribution < 1.29 is 13.9 Å². The lowest BCUT2D eigenvalue weighted by molar-refractivity contribution is 0.0594. The number of nitrogens with zero attached hydrogens (tertiary/aromatic N) is 5. The second kappa shape index (κ2) is 6.95. The Labute approximate surface area is 147 Å². The Morgan fingerprint density at radius 3 is 2.68 bits per heavy atom. The highest BCUT2D eigenvalue weighted by molar-refractivity contribution is 5.86. The van der Waals surface area contributed by atoms with E-state index in [2.05, 4.69) is 45.7 Å². The Hall–Kier alpha value is -2.22. The first kappa shape index (κ1) is 17.6. The fraction of sp³-hybridized carbons (Fsp3) is 0.647. The number of esters is 1. The van der Waals surface area contributed by atoms with E-state index in [1.165, 1.54) is 7.11 Å². The summed E-state index contributed by atoms with van der Waals surface area (Å²) < 4.78 is 12.3. The van der Waals surface area contributed by atoms with E-state index in [0.29, 0.717) is 6.54 Å². The van der Waals surface area contributed by atoms with Gasteiger partial charge in [0.2, 0.25) is 5.89 Å². The van der Waals surface area contributed by atoms with Crippen LogP contribution in [0.4, 0.5) is 0 Å². The number of hydrogen-bond acceptors (Lipinski definition) is 7. The van der Waals surface area contributed by atoms with E-state index < -0.39 is 5.97 Å². The van der Waals surface area contributed by atoms with Crippen molar-refractivity contribution in [2.45, 2.75) is 51.6 Å². The van der Waals surface area contributed by atoms with Crippen LogP contribution in [-0.2, 0) is 16.7 Å². The smallest absolute Gasteiger partial charge is 0.360 e. The summed E-state index contributed by atoms with van der Waals surface area (Å²) in [6.45, 7) is 8.90. The summed E-state index contributed by atoms with van der Waals surface area (Å²) >= 11 is 0. The summed E-state index contributed by atoms with van der Waals surface area (Å²) in [5.74, 6) is 1.22. The van der Waals surface area contributed by atoms with Crippen molar-refractivity contribution in [3.63, 3.8) is 0 Å². The number of carbonyl (C=O) groups is 1. The molecule has 0 N–H and O–H groups in total. The molecule has 2 aromatic rings. The number of ether oxygens (including phenoxy) is 1. The summed E-state index contributed by atoms with van der Waals surface area (Å²) in [6, 6.07) is 0.247. The topological polar surface area (TPSA) is 86.3 Å². The van der Waals surface area contributed by atoms with Crippen LogP contribution in [0.2, 0.25) is 0 Å². The zero-order chi connectivity index (χ0) is 18.0. The molecular weight excluding hydrogens is 322 g/mol. The molecule has 8 heteroatoms. The number of hydrogen-bond donors (Lipinski definition) is 0. The van der Waals surface area contributed by atoms with Gasteiger partial charge < -0.3 is 9.15 Å². The van der Waals surface area contributed by atoms with Gasteiger partial charge in [0, 0.05) is 18.5 Å². The van der Waals surface area contributed by atoms with Gasteiger partial charge in [-0.2, -0.15) is 0 Å². The summed E-state index contributed by atoms with van der Waals surface area (Å²) in [4.78, 5) is 18.2. The highest BCUT2D eigenvalue weighted by atomic mass is 16.5. The van der Waals surface area contributed by atoms with Crippen molar-refractivity contribution >= 4 is 5.97 Å². The van der Waals surface area contributed by atoms with Crippen molar-refractivity contribution in [1.82, 2.24) is 24.9 Å².